The molecule has 3 nitrogen and oxygen atoms in total. The van der Waals surface area contributed by atoms with Crippen molar-refractivity contribution < 1.29 is 9.84 Å². The van der Waals surface area contributed by atoms with Crippen molar-refractivity contribution in [1.29, 1.82) is 0 Å². The number of nitrogens with one attached hydrogen (secondary N) is 1. The fourth-order valence-corrected chi connectivity index (χ4v) is 4.43. The van der Waals surface area contributed by atoms with Gasteiger partial charge in [0.2, 0.25) is 0 Å². The molecule has 2 atom stereocenters. The van der Waals surface area contributed by atoms with E-state index >= 15 is 0 Å². The molecule has 1 aliphatic rings. The molecule has 1 heterocycles. The Labute approximate surface area is 152 Å². The van der Waals surface area contributed by atoms with Crippen molar-refractivity contribution >= 4 is 21.4 Å². The molecular formula is C21H23NO2S. The molecule has 25 heavy (non-hydrogen) atoms. The quantitative estimate of drug-likeness (QED) is 0.643. The van der Waals surface area contributed by atoms with E-state index in [1.54, 1.807) is 6.07 Å². The highest BCUT2D eigenvalue weighted by molar-refractivity contribution is 7.20. The van der Waals surface area contributed by atoms with Gasteiger partial charge in [0.15, 0.2) is 5.06 Å². The molecule has 0 saturated carbocycles. The van der Waals surface area contributed by atoms with Gasteiger partial charge in [-0.15, -0.1) is 0 Å². The van der Waals surface area contributed by atoms with E-state index in [0.717, 1.165) is 41.5 Å². The van der Waals surface area contributed by atoms with Crippen molar-refractivity contribution in [2.75, 3.05) is 0 Å². The summed E-state index contributed by atoms with van der Waals surface area (Å²) >= 11 is 1.38. The van der Waals surface area contributed by atoms with Crippen LogP contribution in [-0.4, -0.2) is 17.4 Å². The fraction of sp³-hybridized carbons (Fsp3) is 0.333. The number of benzene rings is 2. The number of hydrogen-bond donors (Lipinski definition) is 2. The standard InChI is InChI=1S/C21H23NO2S/c1-2-20(22-16-11-10-14-6-3-4-7-15(14)12-16)24-18-8-5-9-19-17(18)13-21(23)25-19/h3-9,13,16,20,22-23H,2,10-12H2,1H3. The van der Waals surface area contributed by atoms with Gasteiger partial charge < -0.3 is 9.84 Å². The Bertz CT molecular complexity index is 873. The molecule has 4 rings (SSSR count). The van der Waals surface area contributed by atoms with Gasteiger partial charge in [-0.2, -0.15) is 0 Å². The Hall–Kier alpha value is -2.04. The summed E-state index contributed by atoms with van der Waals surface area (Å²) in [5.74, 6) is 0.838. The molecule has 2 aromatic carbocycles. The number of rotatable bonds is 5. The predicted molar refractivity (Wildman–Crippen MR) is 104 cm³/mol. The van der Waals surface area contributed by atoms with Crippen LogP contribution in [-0.2, 0) is 12.8 Å². The maximum Gasteiger partial charge on any atom is 0.172 e. The third-order valence-corrected chi connectivity index (χ3v) is 5.82. The molecule has 2 N–H and O–H groups in total. The average Bonchev–Trinajstić information content (AvgIpc) is 3.02. The van der Waals surface area contributed by atoms with E-state index in [-0.39, 0.29) is 6.23 Å². The summed E-state index contributed by atoms with van der Waals surface area (Å²) in [5, 5.41) is 14.8. The number of ether oxygens (including phenoxy) is 1. The minimum absolute atomic E-state index is 0.0251. The first-order valence-corrected chi connectivity index (χ1v) is 9.75. The number of aryl methyl sites for hydroxylation is 1. The summed E-state index contributed by atoms with van der Waals surface area (Å²) in [6, 6.07) is 16.9. The second-order valence-electron chi connectivity index (χ2n) is 6.64. The van der Waals surface area contributed by atoms with Crippen molar-refractivity contribution in [3.05, 3.63) is 59.7 Å². The van der Waals surface area contributed by atoms with Crippen LogP contribution in [0.3, 0.4) is 0 Å². The predicted octanol–water partition coefficient (Wildman–Crippen LogP) is 4.87. The first kappa shape index (κ1) is 16.4. The van der Waals surface area contributed by atoms with Crippen LogP contribution in [0.4, 0.5) is 0 Å². The molecule has 3 aromatic rings. The summed E-state index contributed by atoms with van der Waals surface area (Å²) in [6.07, 6.45) is 4.19. The van der Waals surface area contributed by atoms with Crippen LogP contribution in [0.2, 0.25) is 0 Å². The lowest BCUT2D eigenvalue weighted by atomic mass is 9.88. The van der Waals surface area contributed by atoms with Gasteiger partial charge >= 0.3 is 0 Å². The molecule has 4 heteroatoms. The molecule has 0 saturated heterocycles. The van der Waals surface area contributed by atoms with E-state index in [1.807, 2.05) is 18.2 Å². The topological polar surface area (TPSA) is 41.5 Å². The van der Waals surface area contributed by atoms with Crippen LogP contribution in [0.25, 0.3) is 10.1 Å². The Morgan fingerprint density at radius 3 is 2.88 bits per heavy atom. The molecule has 0 bridgehead atoms. The normalized spacial score (nSPS) is 18.0. The lowest BCUT2D eigenvalue weighted by Crippen LogP contribution is -2.44. The van der Waals surface area contributed by atoms with Crippen LogP contribution in [0.5, 0.6) is 10.8 Å². The molecule has 1 aromatic heterocycles. The van der Waals surface area contributed by atoms with E-state index < -0.39 is 0 Å². The largest absolute Gasteiger partial charge is 0.499 e. The molecular weight excluding hydrogens is 330 g/mol. The summed E-state index contributed by atoms with van der Waals surface area (Å²) in [7, 11) is 0. The maximum atomic E-state index is 9.77. The highest BCUT2D eigenvalue weighted by atomic mass is 32.1. The van der Waals surface area contributed by atoms with Crippen LogP contribution < -0.4 is 10.1 Å². The summed E-state index contributed by atoms with van der Waals surface area (Å²) in [5.41, 5.74) is 2.93. The Kier molecular flexibility index (Phi) is 4.64. The highest BCUT2D eigenvalue weighted by Crippen LogP contribution is 2.36. The molecule has 130 valence electrons. The van der Waals surface area contributed by atoms with Gasteiger partial charge in [-0.05, 0) is 48.9 Å². The average molecular weight is 353 g/mol. The van der Waals surface area contributed by atoms with E-state index in [9.17, 15) is 5.11 Å². The first-order chi connectivity index (χ1) is 12.2. The molecule has 2 unspecified atom stereocenters. The van der Waals surface area contributed by atoms with Gasteiger partial charge in [-0.1, -0.05) is 48.6 Å². The van der Waals surface area contributed by atoms with Crippen LogP contribution >= 0.6 is 11.3 Å². The summed E-state index contributed by atoms with van der Waals surface area (Å²) < 4.78 is 7.32. The van der Waals surface area contributed by atoms with E-state index in [2.05, 4.69) is 36.5 Å². The molecule has 0 amide bonds. The van der Waals surface area contributed by atoms with E-state index in [1.165, 1.54) is 22.5 Å². The Balaban J connectivity index is 1.48. The maximum absolute atomic E-state index is 9.77. The van der Waals surface area contributed by atoms with Gasteiger partial charge in [0.1, 0.15) is 12.0 Å². The third kappa shape index (κ3) is 3.51. The zero-order valence-electron chi connectivity index (χ0n) is 14.4. The number of thiophene rings is 1. The highest BCUT2D eigenvalue weighted by Gasteiger charge is 2.21. The van der Waals surface area contributed by atoms with Crippen molar-refractivity contribution in [2.24, 2.45) is 0 Å². The number of aromatic hydroxyl groups is 1. The van der Waals surface area contributed by atoms with Crippen molar-refractivity contribution in [3.63, 3.8) is 0 Å². The minimum Gasteiger partial charge on any atom is -0.499 e. The van der Waals surface area contributed by atoms with Gasteiger partial charge in [0, 0.05) is 22.2 Å². The van der Waals surface area contributed by atoms with Crippen LogP contribution in [0.15, 0.2) is 48.5 Å². The number of hydrogen-bond acceptors (Lipinski definition) is 4. The third-order valence-electron chi connectivity index (χ3n) is 4.92. The van der Waals surface area contributed by atoms with Crippen molar-refractivity contribution in [1.82, 2.24) is 5.32 Å². The zero-order chi connectivity index (χ0) is 17.2. The van der Waals surface area contributed by atoms with E-state index in [4.69, 9.17) is 4.74 Å². The number of fused-ring (bicyclic) bond motifs is 2. The summed E-state index contributed by atoms with van der Waals surface area (Å²) in [6.45, 7) is 2.14. The second-order valence-corrected chi connectivity index (χ2v) is 7.70. The lowest BCUT2D eigenvalue weighted by molar-refractivity contribution is 0.141. The Morgan fingerprint density at radius 1 is 1.20 bits per heavy atom. The molecule has 0 fully saturated rings. The minimum atomic E-state index is -0.0251. The smallest absolute Gasteiger partial charge is 0.172 e. The molecule has 0 spiro atoms. The monoisotopic (exact) mass is 353 g/mol. The van der Waals surface area contributed by atoms with Gasteiger partial charge in [0.05, 0.1) is 0 Å². The van der Waals surface area contributed by atoms with Crippen LogP contribution in [0, 0.1) is 0 Å². The van der Waals surface area contributed by atoms with E-state index in [0.29, 0.717) is 11.1 Å². The first-order valence-electron chi connectivity index (χ1n) is 8.94. The van der Waals surface area contributed by atoms with Crippen molar-refractivity contribution in [3.8, 4) is 10.8 Å². The SMILES string of the molecule is CCC(NC1CCc2ccccc2C1)Oc1cccc2sc(O)cc12. The zero-order valence-corrected chi connectivity index (χ0v) is 15.2. The van der Waals surface area contributed by atoms with Crippen molar-refractivity contribution in [2.45, 2.75) is 44.9 Å². The Morgan fingerprint density at radius 2 is 2.04 bits per heavy atom. The molecule has 1 aliphatic carbocycles. The molecule has 0 radical (unpaired) electrons. The van der Waals surface area contributed by atoms with Gasteiger partial charge in [0.25, 0.3) is 0 Å². The fourth-order valence-electron chi connectivity index (χ4n) is 3.61. The van der Waals surface area contributed by atoms with Gasteiger partial charge in [-0.3, -0.25) is 5.32 Å². The summed E-state index contributed by atoms with van der Waals surface area (Å²) in [4.78, 5) is 0. The van der Waals surface area contributed by atoms with Crippen LogP contribution in [0.1, 0.15) is 30.9 Å². The van der Waals surface area contributed by atoms with Gasteiger partial charge in [-0.25, -0.2) is 0 Å². The molecule has 0 aliphatic heterocycles. The second kappa shape index (κ2) is 7.06. The lowest BCUT2D eigenvalue weighted by Gasteiger charge is -2.30.